The van der Waals surface area contributed by atoms with E-state index in [-0.39, 0.29) is 0 Å². The van der Waals surface area contributed by atoms with Crippen LogP contribution < -0.4 is 0 Å². The van der Waals surface area contributed by atoms with Gasteiger partial charge in [0.2, 0.25) is 0 Å². The maximum absolute atomic E-state index is 5.97. The number of oxazole rings is 1. The Bertz CT molecular complexity index is 530. The SMILES string of the molecule is Cc1nc2c(o1)CCc1cc(Cl)ccc1-2. The largest absolute Gasteiger partial charge is 0.445 e. The summed E-state index contributed by atoms with van der Waals surface area (Å²) in [5.74, 6) is 1.74. The summed E-state index contributed by atoms with van der Waals surface area (Å²) in [6.07, 6.45) is 1.90. The highest BCUT2D eigenvalue weighted by Crippen LogP contribution is 2.34. The molecule has 0 bridgehead atoms. The number of aromatic nitrogens is 1. The Kier molecular flexibility index (Phi) is 1.86. The quantitative estimate of drug-likeness (QED) is 0.679. The van der Waals surface area contributed by atoms with Crippen molar-refractivity contribution in [3.05, 3.63) is 40.4 Å². The summed E-state index contributed by atoms with van der Waals surface area (Å²) in [5, 5.41) is 0.789. The number of halogens is 1. The van der Waals surface area contributed by atoms with E-state index in [1.165, 1.54) is 5.56 Å². The topological polar surface area (TPSA) is 26.0 Å². The van der Waals surface area contributed by atoms with Gasteiger partial charge < -0.3 is 4.42 Å². The number of hydrogen-bond acceptors (Lipinski definition) is 2. The number of nitrogens with zero attached hydrogens (tertiary/aromatic N) is 1. The van der Waals surface area contributed by atoms with Crippen molar-refractivity contribution in [2.45, 2.75) is 19.8 Å². The second kappa shape index (κ2) is 3.11. The van der Waals surface area contributed by atoms with E-state index < -0.39 is 0 Å². The maximum Gasteiger partial charge on any atom is 0.191 e. The molecule has 0 saturated heterocycles. The zero-order chi connectivity index (χ0) is 10.4. The predicted octanol–water partition coefficient (Wildman–Crippen LogP) is 3.40. The Morgan fingerprint density at radius 3 is 3.07 bits per heavy atom. The lowest BCUT2D eigenvalue weighted by molar-refractivity contribution is 0.473. The molecule has 2 nitrogen and oxygen atoms in total. The van der Waals surface area contributed by atoms with Gasteiger partial charge in [-0.1, -0.05) is 17.7 Å². The molecule has 0 atom stereocenters. The van der Waals surface area contributed by atoms with Crippen LogP contribution in [0, 0.1) is 6.92 Å². The van der Waals surface area contributed by atoms with Gasteiger partial charge in [0.1, 0.15) is 11.5 Å². The van der Waals surface area contributed by atoms with Crippen molar-refractivity contribution in [2.24, 2.45) is 0 Å². The molecule has 2 aromatic rings. The number of aryl methyl sites for hydroxylation is 3. The van der Waals surface area contributed by atoms with Gasteiger partial charge in [-0.2, -0.15) is 0 Å². The van der Waals surface area contributed by atoms with Crippen molar-refractivity contribution < 1.29 is 4.42 Å². The number of hydrogen-bond donors (Lipinski definition) is 0. The minimum absolute atomic E-state index is 0.739. The van der Waals surface area contributed by atoms with Crippen molar-refractivity contribution in [1.29, 1.82) is 0 Å². The molecule has 0 radical (unpaired) electrons. The summed E-state index contributed by atoms with van der Waals surface area (Å²) in [4.78, 5) is 4.41. The second-order valence-electron chi connectivity index (χ2n) is 3.81. The van der Waals surface area contributed by atoms with Gasteiger partial charge in [0, 0.05) is 23.9 Å². The van der Waals surface area contributed by atoms with E-state index in [1.807, 2.05) is 25.1 Å². The number of fused-ring (bicyclic) bond motifs is 3. The van der Waals surface area contributed by atoms with Crippen LogP contribution in [0.4, 0.5) is 0 Å². The first-order chi connectivity index (χ1) is 7.24. The molecule has 0 saturated carbocycles. The van der Waals surface area contributed by atoms with Crippen molar-refractivity contribution in [3.63, 3.8) is 0 Å². The van der Waals surface area contributed by atoms with Crippen LogP contribution in [0.1, 0.15) is 17.2 Å². The fourth-order valence-corrected chi connectivity index (χ4v) is 2.29. The molecule has 76 valence electrons. The highest BCUT2D eigenvalue weighted by Gasteiger charge is 2.21. The third-order valence-electron chi connectivity index (χ3n) is 2.75. The minimum Gasteiger partial charge on any atom is -0.445 e. The van der Waals surface area contributed by atoms with Gasteiger partial charge in [0.05, 0.1) is 0 Å². The first-order valence-corrected chi connectivity index (χ1v) is 5.37. The van der Waals surface area contributed by atoms with Crippen molar-refractivity contribution >= 4 is 11.6 Å². The van der Waals surface area contributed by atoms with E-state index in [4.69, 9.17) is 16.0 Å². The van der Waals surface area contributed by atoms with Gasteiger partial charge in [-0.25, -0.2) is 4.98 Å². The first-order valence-electron chi connectivity index (χ1n) is 4.99. The number of benzene rings is 1. The molecule has 1 aliphatic rings. The molecule has 3 heteroatoms. The Balaban J connectivity index is 2.25. The highest BCUT2D eigenvalue weighted by molar-refractivity contribution is 6.30. The van der Waals surface area contributed by atoms with Gasteiger partial charge in [-0.3, -0.25) is 0 Å². The number of rotatable bonds is 0. The van der Waals surface area contributed by atoms with E-state index in [9.17, 15) is 0 Å². The van der Waals surface area contributed by atoms with Crippen LogP contribution in [-0.2, 0) is 12.8 Å². The average molecular weight is 220 g/mol. The maximum atomic E-state index is 5.97. The van der Waals surface area contributed by atoms with Crippen LogP contribution in [0.15, 0.2) is 22.6 Å². The molecule has 0 spiro atoms. The molecule has 1 aliphatic carbocycles. The van der Waals surface area contributed by atoms with Gasteiger partial charge in [0.25, 0.3) is 0 Å². The molecule has 3 rings (SSSR count). The van der Waals surface area contributed by atoms with Gasteiger partial charge in [-0.15, -0.1) is 0 Å². The Morgan fingerprint density at radius 2 is 2.20 bits per heavy atom. The lowest BCUT2D eigenvalue weighted by Crippen LogP contribution is -2.02. The average Bonchev–Trinajstić information content (AvgIpc) is 2.58. The second-order valence-corrected chi connectivity index (χ2v) is 4.24. The van der Waals surface area contributed by atoms with Crippen LogP contribution in [0.3, 0.4) is 0 Å². The van der Waals surface area contributed by atoms with Crippen LogP contribution >= 0.6 is 11.6 Å². The van der Waals surface area contributed by atoms with E-state index in [0.29, 0.717) is 0 Å². The van der Waals surface area contributed by atoms with Gasteiger partial charge in [-0.05, 0) is 24.1 Å². The summed E-state index contributed by atoms with van der Waals surface area (Å²) in [6, 6.07) is 5.95. The minimum atomic E-state index is 0.739. The van der Waals surface area contributed by atoms with Gasteiger partial charge in [0.15, 0.2) is 5.89 Å². The molecule has 0 fully saturated rings. The monoisotopic (exact) mass is 219 g/mol. The smallest absolute Gasteiger partial charge is 0.191 e. The van der Waals surface area contributed by atoms with Crippen LogP contribution in [0.5, 0.6) is 0 Å². The molecular formula is C12H10ClNO. The lowest BCUT2D eigenvalue weighted by Gasteiger charge is -2.13. The molecule has 15 heavy (non-hydrogen) atoms. The van der Waals surface area contributed by atoms with E-state index in [0.717, 1.165) is 40.8 Å². The third-order valence-corrected chi connectivity index (χ3v) is 2.98. The van der Waals surface area contributed by atoms with Crippen LogP contribution in [0.25, 0.3) is 11.3 Å². The lowest BCUT2D eigenvalue weighted by atomic mass is 9.93. The van der Waals surface area contributed by atoms with E-state index in [1.54, 1.807) is 0 Å². The molecule has 1 aromatic heterocycles. The Morgan fingerprint density at radius 1 is 1.33 bits per heavy atom. The van der Waals surface area contributed by atoms with Crippen LogP contribution in [0.2, 0.25) is 5.02 Å². The Labute approximate surface area is 92.9 Å². The fraction of sp³-hybridized carbons (Fsp3) is 0.250. The standard InChI is InChI=1S/C12H10ClNO/c1-7-14-12-10-4-3-9(13)6-8(10)2-5-11(12)15-7/h3-4,6H,2,5H2,1H3. The third kappa shape index (κ3) is 1.37. The zero-order valence-corrected chi connectivity index (χ0v) is 9.14. The predicted molar refractivity (Wildman–Crippen MR) is 59.1 cm³/mol. The molecule has 0 aliphatic heterocycles. The zero-order valence-electron chi connectivity index (χ0n) is 8.38. The normalized spacial score (nSPS) is 13.5. The molecule has 0 unspecified atom stereocenters. The summed E-state index contributed by atoms with van der Waals surface area (Å²) >= 11 is 5.97. The summed E-state index contributed by atoms with van der Waals surface area (Å²) in [6.45, 7) is 1.88. The fourth-order valence-electron chi connectivity index (χ4n) is 2.10. The molecular weight excluding hydrogens is 210 g/mol. The van der Waals surface area contributed by atoms with Crippen molar-refractivity contribution in [2.75, 3.05) is 0 Å². The van der Waals surface area contributed by atoms with Crippen LogP contribution in [-0.4, -0.2) is 4.98 Å². The molecule has 1 aromatic carbocycles. The summed E-state index contributed by atoms with van der Waals surface area (Å²) in [7, 11) is 0. The van der Waals surface area contributed by atoms with Crippen molar-refractivity contribution in [1.82, 2.24) is 4.98 Å². The first kappa shape index (κ1) is 8.98. The molecule has 1 heterocycles. The Hall–Kier alpha value is -1.28. The molecule has 0 N–H and O–H groups in total. The highest BCUT2D eigenvalue weighted by atomic mass is 35.5. The summed E-state index contributed by atoms with van der Waals surface area (Å²) in [5.41, 5.74) is 3.42. The molecule has 0 amide bonds. The van der Waals surface area contributed by atoms with E-state index in [2.05, 4.69) is 4.98 Å². The van der Waals surface area contributed by atoms with E-state index >= 15 is 0 Å². The summed E-state index contributed by atoms with van der Waals surface area (Å²) < 4.78 is 5.55. The van der Waals surface area contributed by atoms with Gasteiger partial charge >= 0.3 is 0 Å². The van der Waals surface area contributed by atoms with Crippen molar-refractivity contribution in [3.8, 4) is 11.3 Å².